The number of aromatic nitrogens is 6. The van der Waals surface area contributed by atoms with E-state index < -0.39 is 17.8 Å². The minimum Gasteiger partial charge on any atom is -0.501 e. The van der Waals surface area contributed by atoms with Crippen LogP contribution in [0.25, 0.3) is 56.2 Å². The van der Waals surface area contributed by atoms with Crippen molar-refractivity contribution >= 4 is 34.7 Å². The van der Waals surface area contributed by atoms with Crippen LogP contribution in [0.3, 0.4) is 0 Å². The third kappa shape index (κ3) is 18.0. The first-order valence-corrected chi connectivity index (χ1v) is 36.9. The van der Waals surface area contributed by atoms with Gasteiger partial charge in [0.05, 0.1) is 17.6 Å². The standard InChI is InChI=1S/C22H20N.2C20H16NO.C19H16N3.C10H13NO2.C6H4FNO2.3Ir/c1-14-12-20(23-13-15(14)2)18-10-7-9-17-16-8-5-6-11-19(16)22(3,4)21(17)18;2*1-20(2)15-7-3-4-9-18(15)22-19-11-10-14(13-16(19)20)17-8-5-6-12-21-17;1-21-16-8-3-4-9-17(16)22(2)19-13-14(10-11-18(19)21)15-7-5-6-12-20-15;1-5-6(2)8(4)11-9(7(5)3)10(12)13;7-4-1-2-5(6(9)10)8-3-4;;;/h5-9,11-13H,1-4H3;3*3-9,11-13H,1-2H3;1-4H3,(H,12,13);1-3H,(H,9,10);;;/q4*-1;;;;;. The fourth-order valence-electron chi connectivity index (χ4n) is 14.6. The molecule has 2 N–H and O–H groups in total. The van der Waals surface area contributed by atoms with Gasteiger partial charge < -0.3 is 49.4 Å². The van der Waals surface area contributed by atoms with Gasteiger partial charge in [-0.3, -0.25) is 0 Å². The molecule has 0 saturated heterocycles. The number of hydrogen-bond donors (Lipinski definition) is 2. The van der Waals surface area contributed by atoms with E-state index in [2.05, 4.69) is 237 Å². The van der Waals surface area contributed by atoms with Crippen LogP contribution in [-0.4, -0.2) is 66.2 Å². The zero-order chi connectivity index (χ0) is 79.3. The number of anilines is 4. The Morgan fingerprint density at radius 1 is 0.409 bits per heavy atom. The second-order valence-corrected chi connectivity index (χ2v) is 29.4. The number of hydrogen-bond acceptors (Lipinski definition) is 12. The molecule has 0 fully saturated rings. The summed E-state index contributed by atoms with van der Waals surface area (Å²) in [7, 11) is 4.20. The Kier molecular flexibility index (Phi) is 27.3. The minimum atomic E-state index is -1.15. The van der Waals surface area contributed by atoms with Gasteiger partial charge in [-0.1, -0.05) is 179 Å². The summed E-state index contributed by atoms with van der Waals surface area (Å²) < 4.78 is 24.2. The Morgan fingerprint density at radius 2 is 0.887 bits per heavy atom. The first kappa shape index (κ1) is 86.1. The Bertz CT molecular complexity index is 5710. The number of halogens is 1. The maximum atomic E-state index is 12.1. The number of carboxylic acid groups (broad SMARTS) is 2. The van der Waals surface area contributed by atoms with E-state index in [9.17, 15) is 14.0 Å². The minimum absolute atomic E-state index is 0. The van der Waals surface area contributed by atoms with Crippen LogP contribution >= 0.6 is 0 Å². The summed E-state index contributed by atoms with van der Waals surface area (Å²) in [6.45, 7) is 25.3. The van der Waals surface area contributed by atoms with Crippen molar-refractivity contribution in [3.8, 4) is 79.2 Å². The third-order valence-electron chi connectivity index (χ3n) is 21.4. The number of fused-ring (bicyclic) bond motifs is 9. The van der Waals surface area contributed by atoms with Crippen molar-refractivity contribution in [1.29, 1.82) is 0 Å². The number of nitrogens with zero attached hydrogens (tertiary/aromatic N) is 8. The molecule has 115 heavy (non-hydrogen) atoms. The monoisotopic (exact) mass is 2060 g/mol. The normalized spacial score (nSPS) is 12.9. The van der Waals surface area contributed by atoms with Gasteiger partial charge >= 0.3 is 11.9 Å². The van der Waals surface area contributed by atoms with Crippen molar-refractivity contribution in [1.82, 2.24) is 29.9 Å². The van der Waals surface area contributed by atoms with E-state index in [1.807, 2.05) is 136 Å². The van der Waals surface area contributed by atoms with Crippen LogP contribution in [0.5, 0.6) is 23.0 Å². The Labute approximate surface area is 713 Å². The Hall–Kier alpha value is -11.3. The second kappa shape index (κ2) is 36.4. The number of aryl methyl sites for hydroxylation is 3. The van der Waals surface area contributed by atoms with Gasteiger partial charge in [0.1, 0.15) is 23.0 Å². The molecular formula is C97H85FIr3N8O6-4. The number of aromatic carboxylic acids is 2. The van der Waals surface area contributed by atoms with Crippen LogP contribution in [0.2, 0.25) is 0 Å². The topological polar surface area (TPSA) is 177 Å². The molecule has 587 valence electrons. The molecule has 0 spiro atoms. The van der Waals surface area contributed by atoms with Crippen molar-refractivity contribution < 1.29 is 94.0 Å². The second-order valence-electron chi connectivity index (χ2n) is 29.4. The van der Waals surface area contributed by atoms with Crippen molar-refractivity contribution in [2.24, 2.45) is 0 Å². The molecule has 1 aliphatic carbocycles. The molecular weight excluding hydrogens is 1970 g/mol. The summed E-state index contributed by atoms with van der Waals surface area (Å²) in [5, 5.41) is 17.1. The van der Waals surface area contributed by atoms with Crippen LogP contribution < -0.4 is 19.3 Å². The van der Waals surface area contributed by atoms with Gasteiger partial charge in [0.2, 0.25) is 0 Å². The number of rotatable bonds is 6. The molecule has 0 saturated carbocycles. The predicted octanol–water partition coefficient (Wildman–Crippen LogP) is 22.8. The number of para-hydroxylation sites is 4. The van der Waals surface area contributed by atoms with E-state index in [4.69, 9.17) is 19.7 Å². The van der Waals surface area contributed by atoms with Crippen molar-refractivity contribution in [3.63, 3.8) is 0 Å². The summed E-state index contributed by atoms with van der Waals surface area (Å²) in [4.78, 5) is 50.6. The molecule has 14 nitrogen and oxygen atoms in total. The van der Waals surface area contributed by atoms with Crippen LogP contribution in [-0.2, 0) is 76.6 Å². The molecule has 0 bridgehead atoms. The molecule has 3 aliphatic heterocycles. The zero-order valence-electron chi connectivity index (χ0n) is 66.2. The van der Waals surface area contributed by atoms with Crippen LogP contribution in [0.15, 0.2) is 249 Å². The summed E-state index contributed by atoms with van der Waals surface area (Å²) in [6, 6.07) is 85.7. The van der Waals surface area contributed by atoms with E-state index >= 15 is 0 Å². The Morgan fingerprint density at radius 3 is 1.37 bits per heavy atom. The molecule has 18 heteroatoms. The average Bonchev–Trinajstić information content (AvgIpc) is 1.59. The van der Waals surface area contributed by atoms with E-state index in [0.717, 1.165) is 114 Å². The maximum Gasteiger partial charge on any atom is 0.354 e. The Balaban J connectivity index is 0.000000148. The van der Waals surface area contributed by atoms with Gasteiger partial charge in [0, 0.05) is 138 Å². The number of benzene rings is 8. The molecule has 0 atom stereocenters. The van der Waals surface area contributed by atoms with Gasteiger partial charge in [-0.25, -0.2) is 23.9 Å². The fourth-order valence-corrected chi connectivity index (χ4v) is 14.6. The number of ether oxygens (including phenoxy) is 2. The molecule has 8 aromatic carbocycles. The molecule has 9 heterocycles. The molecule has 4 aliphatic rings. The summed E-state index contributed by atoms with van der Waals surface area (Å²) >= 11 is 0. The van der Waals surface area contributed by atoms with Crippen molar-refractivity contribution in [2.75, 3.05) is 23.9 Å². The molecule has 14 aromatic rings. The predicted molar refractivity (Wildman–Crippen MR) is 442 cm³/mol. The zero-order valence-corrected chi connectivity index (χ0v) is 73.3. The summed E-state index contributed by atoms with van der Waals surface area (Å²) in [5.74, 6) is 0.971. The third-order valence-corrected chi connectivity index (χ3v) is 21.4. The molecule has 3 radical (unpaired) electrons. The average molecular weight is 2050 g/mol. The molecule has 0 unspecified atom stereocenters. The molecule has 0 amide bonds. The van der Waals surface area contributed by atoms with Gasteiger partial charge in [-0.15, -0.1) is 101 Å². The maximum absolute atomic E-state index is 12.1. The fraction of sp³-hybridized carbons (Fsp3) is 0.175. The van der Waals surface area contributed by atoms with Crippen LogP contribution in [0.1, 0.15) is 129 Å². The van der Waals surface area contributed by atoms with Crippen LogP contribution in [0.4, 0.5) is 27.1 Å². The number of carbonyl (C=O) groups is 2. The van der Waals surface area contributed by atoms with Gasteiger partial charge in [-0.2, -0.15) is 0 Å². The molecule has 18 rings (SSSR count). The smallest absolute Gasteiger partial charge is 0.354 e. The van der Waals surface area contributed by atoms with Gasteiger partial charge in [0.25, 0.3) is 0 Å². The number of pyridine rings is 6. The van der Waals surface area contributed by atoms with Gasteiger partial charge in [-0.05, 0) is 169 Å². The summed E-state index contributed by atoms with van der Waals surface area (Å²) in [6.07, 6.45) is 8.25. The van der Waals surface area contributed by atoms with E-state index in [1.165, 1.54) is 72.7 Å². The summed E-state index contributed by atoms with van der Waals surface area (Å²) in [5.41, 5.74) is 28.8. The van der Waals surface area contributed by atoms with Gasteiger partial charge in [0.15, 0.2) is 5.69 Å². The quantitative estimate of drug-likeness (QED) is 0.150. The molecule has 6 aromatic heterocycles. The van der Waals surface area contributed by atoms with Crippen LogP contribution in [0, 0.1) is 71.6 Å². The SMILES string of the molecule is CC1(C)c2ccccc2Oc2c[c-]c(-c3ccccn3)cc21.CC1(C)c2ccccc2Oc2c[c-]c(-c3ccccn3)cc21.CN1c2c[c-]c(-c3ccccn3)cc2N(C)c2ccccc21.Cc1cnc(-c2[c-]ccc3c2C(C)(C)c2ccccc2-3)cc1C.Cc1nc(C(=O)O)c(C)c(C)c1C.O=C(O)c1ccc(F)cn1.[Ir].[Ir].[Ir]. The first-order valence-electron chi connectivity index (χ1n) is 36.9. The number of carboxylic acids is 2. The first-order chi connectivity index (χ1) is 53.7. The van der Waals surface area contributed by atoms with Crippen molar-refractivity contribution in [3.05, 3.63) is 358 Å². The largest absolute Gasteiger partial charge is 0.501 e. The van der Waals surface area contributed by atoms with Crippen molar-refractivity contribution in [2.45, 2.75) is 99.3 Å². The van der Waals surface area contributed by atoms with E-state index in [-0.39, 0.29) is 87.9 Å². The van der Waals surface area contributed by atoms with E-state index in [1.54, 1.807) is 19.3 Å². The van der Waals surface area contributed by atoms with E-state index in [0.29, 0.717) is 0 Å².